The molecule has 0 spiro atoms. The van der Waals surface area contributed by atoms with Gasteiger partial charge in [0.25, 0.3) is 0 Å². The second-order valence-electron chi connectivity index (χ2n) is 4.95. The van der Waals surface area contributed by atoms with E-state index >= 15 is 0 Å². The van der Waals surface area contributed by atoms with E-state index in [1.807, 2.05) is 0 Å². The Morgan fingerprint density at radius 1 is 1.37 bits per heavy atom. The van der Waals surface area contributed by atoms with Gasteiger partial charge in [0, 0.05) is 19.1 Å². The Balaban J connectivity index is 0.00000180. The van der Waals surface area contributed by atoms with Crippen molar-refractivity contribution in [1.29, 1.82) is 0 Å². The topological polar surface area (TPSA) is 90.0 Å². The zero-order chi connectivity index (χ0) is 13.3. The van der Waals surface area contributed by atoms with Gasteiger partial charge in [0.05, 0.1) is 11.9 Å². The summed E-state index contributed by atoms with van der Waals surface area (Å²) in [6.07, 6.45) is 4.75. The summed E-state index contributed by atoms with van der Waals surface area (Å²) in [7, 11) is -1.73. The van der Waals surface area contributed by atoms with Crippen LogP contribution in [-0.4, -0.2) is 30.3 Å². The van der Waals surface area contributed by atoms with E-state index in [0.717, 1.165) is 25.7 Å². The minimum absolute atomic E-state index is 0. The Labute approximate surface area is 120 Å². The summed E-state index contributed by atoms with van der Waals surface area (Å²) in [6.45, 7) is 1.75. The van der Waals surface area contributed by atoms with Gasteiger partial charge in [-0.2, -0.15) is 5.10 Å². The smallest absolute Gasteiger partial charge is 0.244 e. The van der Waals surface area contributed by atoms with E-state index in [9.17, 15) is 8.42 Å². The lowest BCUT2D eigenvalue weighted by Crippen LogP contribution is -2.40. The van der Waals surface area contributed by atoms with E-state index in [0.29, 0.717) is 5.69 Å². The van der Waals surface area contributed by atoms with E-state index in [1.54, 1.807) is 18.7 Å². The van der Waals surface area contributed by atoms with Crippen LogP contribution in [0.4, 0.5) is 0 Å². The van der Waals surface area contributed by atoms with E-state index < -0.39 is 10.0 Å². The van der Waals surface area contributed by atoms with Crippen LogP contribution >= 0.6 is 12.4 Å². The van der Waals surface area contributed by atoms with Crippen molar-refractivity contribution in [3.8, 4) is 0 Å². The fourth-order valence-electron chi connectivity index (χ4n) is 2.26. The second kappa shape index (κ2) is 6.21. The van der Waals surface area contributed by atoms with Gasteiger partial charge in [0.2, 0.25) is 10.0 Å². The fraction of sp³-hybridized carbons (Fsp3) is 0.727. The van der Waals surface area contributed by atoms with Crippen LogP contribution in [0, 0.1) is 6.92 Å². The fourth-order valence-corrected chi connectivity index (χ4v) is 3.77. The van der Waals surface area contributed by atoms with Crippen molar-refractivity contribution in [2.24, 2.45) is 12.8 Å². The molecular formula is C11H21ClN4O2S. The molecule has 0 atom stereocenters. The molecule has 19 heavy (non-hydrogen) atoms. The van der Waals surface area contributed by atoms with Crippen LogP contribution in [0.3, 0.4) is 0 Å². The van der Waals surface area contributed by atoms with Gasteiger partial charge in [-0.3, -0.25) is 4.68 Å². The molecule has 1 aliphatic rings. The maximum absolute atomic E-state index is 12.2. The molecule has 0 amide bonds. The normalized spacial score (nSPS) is 23.9. The highest BCUT2D eigenvalue weighted by Crippen LogP contribution is 2.20. The molecule has 3 N–H and O–H groups in total. The minimum Gasteiger partial charge on any atom is -0.328 e. The molecule has 8 heteroatoms. The second-order valence-corrected chi connectivity index (χ2v) is 6.63. The third kappa shape index (κ3) is 3.68. The molecule has 0 radical (unpaired) electrons. The number of hydrogen-bond acceptors (Lipinski definition) is 4. The van der Waals surface area contributed by atoms with Gasteiger partial charge in [-0.25, -0.2) is 13.1 Å². The number of rotatable bonds is 3. The Morgan fingerprint density at radius 3 is 2.42 bits per heavy atom. The van der Waals surface area contributed by atoms with Gasteiger partial charge in [-0.15, -0.1) is 12.4 Å². The summed E-state index contributed by atoms with van der Waals surface area (Å²) < 4.78 is 28.8. The van der Waals surface area contributed by atoms with Crippen LogP contribution in [0.15, 0.2) is 11.1 Å². The summed E-state index contributed by atoms with van der Waals surface area (Å²) in [5, 5.41) is 3.97. The average Bonchev–Trinajstić information content (AvgIpc) is 2.63. The summed E-state index contributed by atoms with van der Waals surface area (Å²) in [4.78, 5) is 0.264. The number of nitrogens with zero attached hydrogens (tertiary/aromatic N) is 2. The van der Waals surface area contributed by atoms with Gasteiger partial charge >= 0.3 is 0 Å². The zero-order valence-corrected chi connectivity index (χ0v) is 12.8. The lowest BCUT2D eigenvalue weighted by Gasteiger charge is -2.26. The lowest BCUT2D eigenvalue weighted by atomic mass is 9.93. The van der Waals surface area contributed by atoms with Crippen molar-refractivity contribution in [2.75, 3.05) is 0 Å². The van der Waals surface area contributed by atoms with Crippen LogP contribution in [0.5, 0.6) is 0 Å². The quantitative estimate of drug-likeness (QED) is 0.860. The monoisotopic (exact) mass is 308 g/mol. The predicted octanol–water partition coefficient (Wildman–Crippen LogP) is 0.699. The van der Waals surface area contributed by atoms with E-state index in [1.165, 1.54) is 6.20 Å². The first-order valence-electron chi connectivity index (χ1n) is 6.16. The highest BCUT2D eigenvalue weighted by Gasteiger charge is 2.26. The predicted molar refractivity (Wildman–Crippen MR) is 75.7 cm³/mol. The molecule has 0 saturated heterocycles. The summed E-state index contributed by atoms with van der Waals surface area (Å²) in [6, 6.07) is 0.209. The number of halogens is 1. The van der Waals surface area contributed by atoms with Crippen molar-refractivity contribution in [2.45, 2.75) is 49.6 Å². The third-order valence-corrected chi connectivity index (χ3v) is 5.20. The van der Waals surface area contributed by atoms with Crippen LogP contribution in [-0.2, 0) is 17.1 Å². The third-order valence-electron chi connectivity index (χ3n) is 3.57. The van der Waals surface area contributed by atoms with E-state index in [2.05, 4.69) is 9.82 Å². The van der Waals surface area contributed by atoms with Gasteiger partial charge < -0.3 is 5.73 Å². The van der Waals surface area contributed by atoms with Crippen molar-refractivity contribution in [1.82, 2.24) is 14.5 Å². The molecule has 1 saturated carbocycles. The molecule has 0 aromatic carbocycles. The Morgan fingerprint density at radius 2 is 1.95 bits per heavy atom. The van der Waals surface area contributed by atoms with Gasteiger partial charge in [0.15, 0.2) is 0 Å². The van der Waals surface area contributed by atoms with Crippen LogP contribution in [0.25, 0.3) is 0 Å². The van der Waals surface area contributed by atoms with Crippen molar-refractivity contribution in [3.05, 3.63) is 11.9 Å². The molecule has 2 rings (SSSR count). The molecule has 1 fully saturated rings. The number of nitrogens with one attached hydrogen (secondary N) is 1. The van der Waals surface area contributed by atoms with E-state index in [-0.39, 0.29) is 29.4 Å². The lowest BCUT2D eigenvalue weighted by molar-refractivity contribution is 0.373. The Kier molecular flexibility index (Phi) is 5.37. The van der Waals surface area contributed by atoms with Gasteiger partial charge in [0.1, 0.15) is 4.90 Å². The van der Waals surface area contributed by atoms with Crippen molar-refractivity contribution < 1.29 is 8.42 Å². The molecule has 0 bridgehead atoms. The molecule has 1 heterocycles. The van der Waals surface area contributed by atoms with Crippen molar-refractivity contribution >= 4 is 22.4 Å². The summed E-state index contributed by atoms with van der Waals surface area (Å²) in [5.41, 5.74) is 6.46. The summed E-state index contributed by atoms with van der Waals surface area (Å²) >= 11 is 0. The standard InChI is InChI=1S/C11H20N4O2S.ClH/c1-8-11(7-13-15(8)2)18(16,17)14-10-5-3-9(12)4-6-10;/h7,9-10,14H,3-6,12H2,1-2H3;1H. The highest BCUT2D eigenvalue weighted by molar-refractivity contribution is 7.89. The van der Waals surface area contributed by atoms with Crippen LogP contribution in [0.1, 0.15) is 31.4 Å². The van der Waals surface area contributed by atoms with Gasteiger partial charge in [-0.05, 0) is 32.6 Å². The molecule has 0 unspecified atom stereocenters. The van der Waals surface area contributed by atoms with Crippen LogP contribution < -0.4 is 10.5 Å². The maximum atomic E-state index is 12.2. The Hall–Kier alpha value is -0.630. The average molecular weight is 309 g/mol. The number of hydrogen-bond donors (Lipinski definition) is 2. The number of aryl methyl sites for hydroxylation is 1. The largest absolute Gasteiger partial charge is 0.328 e. The first-order valence-corrected chi connectivity index (χ1v) is 7.65. The number of aromatic nitrogens is 2. The van der Waals surface area contributed by atoms with Gasteiger partial charge in [-0.1, -0.05) is 0 Å². The molecule has 6 nitrogen and oxygen atoms in total. The summed E-state index contributed by atoms with van der Waals surface area (Å²) in [5.74, 6) is 0. The Bertz CT molecular complexity index is 521. The maximum Gasteiger partial charge on any atom is 0.244 e. The molecular weight excluding hydrogens is 288 g/mol. The highest BCUT2D eigenvalue weighted by atomic mass is 35.5. The van der Waals surface area contributed by atoms with E-state index in [4.69, 9.17) is 5.73 Å². The molecule has 0 aliphatic heterocycles. The van der Waals surface area contributed by atoms with Crippen molar-refractivity contribution in [3.63, 3.8) is 0 Å². The first-order chi connectivity index (χ1) is 8.40. The first kappa shape index (κ1) is 16.4. The SMILES string of the molecule is Cc1c(S(=O)(=O)NC2CCC(N)CC2)cnn1C.Cl. The van der Waals surface area contributed by atoms with Crippen LogP contribution in [0.2, 0.25) is 0 Å². The molecule has 1 aromatic heterocycles. The molecule has 1 aromatic rings. The number of nitrogens with two attached hydrogens (primary N) is 1. The number of sulfonamides is 1. The zero-order valence-electron chi connectivity index (χ0n) is 11.2. The minimum atomic E-state index is -3.46. The molecule has 1 aliphatic carbocycles. The molecule has 110 valence electrons.